The number of carbonyl (C=O) groups excluding carboxylic acids is 2. The standard InChI is InChI=1S/C18H20N2O5/c21-16(14-3-1-2-4-15(14)17(22)23)19-13-7-5-12(6-8-13)11-20-9-10-25-18(20)24/h1-2,5-8,14-15H,3-4,9-11H2,(H,19,21)(H,22,23)/t14-,15+/m1/s1. The van der Waals surface area contributed by atoms with Crippen molar-refractivity contribution in [1.82, 2.24) is 4.90 Å². The van der Waals surface area contributed by atoms with Crippen molar-refractivity contribution in [3.05, 3.63) is 42.0 Å². The van der Waals surface area contributed by atoms with E-state index < -0.39 is 17.8 Å². The van der Waals surface area contributed by atoms with Crippen molar-refractivity contribution in [1.29, 1.82) is 0 Å². The molecule has 1 aliphatic carbocycles. The molecule has 25 heavy (non-hydrogen) atoms. The summed E-state index contributed by atoms with van der Waals surface area (Å²) in [6, 6.07) is 7.17. The van der Waals surface area contributed by atoms with Crippen LogP contribution in [-0.4, -0.2) is 41.1 Å². The Kier molecular flexibility index (Phi) is 5.02. The molecule has 132 valence electrons. The van der Waals surface area contributed by atoms with Crippen molar-refractivity contribution in [2.45, 2.75) is 19.4 Å². The summed E-state index contributed by atoms with van der Waals surface area (Å²) in [5.41, 5.74) is 1.54. The molecule has 2 aliphatic rings. The minimum Gasteiger partial charge on any atom is -0.481 e. The second-order valence-corrected chi connectivity index (χ2v) is 6.22. The maximum absolute atomic E-state index is 12.4. The molecule has 3 rings (SSSR count). The summed E-state index contributed by atoms with van der Waals surface area (Å²) >= 11 is 0. The Hall–Kier alpha value is -2.83. The topological polar surface area (TPSA) is 95.9 Å². The molecule has 0 spiro atoms. The second-order valence-electron chi connectivity index (χ2n) is 6.22. The van der Waals surface area contributed by atoms with E-state index in [2.05, 4.69) is 5.32 Å². The molecule has 0 aromatic heterocycles. The number of amides is 2. The highest BCUT2D eigenvalue weighted by molar-refractivity contribution is 5.95. The molecule has 1 aromatic carbocycles. The Morgan fingerprint density at radius 1 is 1.16 bits per heavy atom. The number of nitrogens with one attached hydrogen (secondary N) is 1. The summed E-state index contributed by atoms with van der Waals surface area (Å²) in [4.78, 5) is 36.8. The first-order valence-electron chi connectivity index (χ1n) is 8.24. The molecule has 1 aromatic rings. The average Bonchev–Trinajstić information content (AvgIpc) is 3.01. The molecule has 0 radical (unpaired) electrons. The number of cyclic esters (lactones) is 1. The number of allylic oxidation sites excluding steroid dienone is 2. The lowest BCUT2D eigenvalue weighted by Gasteiger charge is -2.24. The van der Waals surface area contributed by atoms with E-state index in [9.17, 15) is 19.5 Å². The van der Waals surface area contributed by atoms with Gasteiger partial charge in [-0.2, -0.15) is 0 Å². The molecule has 0 saturated carbocycles. The van der Waals surface area contributed by atoms with E-state index in [-0.39, 0.29) is 12.0 Å². The predicted octanol–water partition coefficient (Wildman–Crippen LogP) is 2.24. The average molecular weight is 344 g/mol. The van der Waals surface area contributed by atoms with Crippen LogP contribution in [0.1, 0.15) is 18.4 Å². The lowest BCUT2D eigenvalue weighted by atomic mass is 9.82. The number of nitrogens with zero attached hydrogens (tertiary/aromatic N) is 1. The van der Waals surface area contributed by atoms with Gasteiger partial charge in [0, 0.05) is 12.2 Å². The third-order valence-electron chi connectivity index (χ3n) is 4.53. The zero-order valence-corrected chi connectivity index (χ0v) is 13.7. The normalized spacial score (nSPS) is 22.6. The summed E-state index contributed by atoms with van der Waals surface area (Å²) in [7, 11) is 0. The van der Waals surface area contributed by atoms with Crippen LogP contribution in [0, 0.1) is 11.8 Å². The van der Waals surface area contributed by atoms with E-state index in [1.54, 1.807) is 23.1 Å². The number of carboxylic acids is 1. The van der Waals surface area contributed by atoms with E-state index >= 15 is 0 Å². The molecule has 0 unspecified atom stereocenters. The maximum atomic E-state index is 12.4. The number of carbonyl (C=O) groups is 3. The van der Waals surface area contributed by atoms with Gasteiger partial charge in [-0.05, 0) is 30.5 Å². The quantitative estimate of drug-likeness (QED) is 0.799. The van der Waals surface area contributed by atoms with Crippen LogP contribution in [0.25, 0.3) is 0 Å². The molecule has 7 nitrogen and oxygen atoms in total. The largest absolute Gasteiger partial charge is 0.481 e. The zero-order valence-electron chi connectivity index (χ0n) is 13.7. The first kappa shape index (κ1) is 17.0. The lowest BCUT2D eigenvalue weighted by molar-refractivity contribution is -0.146. The summed E-state index contributed by atoms with van der Waals surface area (Å²) in [6.45, 7) is 1.44. The number of hydrogen-bond donors (Lipinski definition) is 2. The van der Waals surface area contributed by atoms with Gasteiger partial charge in [-0.1, -0.05) is 24.3 Å². The van der Waals surface area contributed by atoms with Gasteiger partial charge in [0.15, 0.2) is 0 Å². The fourth-order valence-electron chi connectivity index (χ4n) is 3.10. The van der Waals surface area contributed by atoms with E-state index in [4.69, 9.17) is 4.74 Å². The van der Waals surface area contributed by atoms with Crippen LogP contribution in [0.4, 0.5) is 10.5 Å². The fraction of sp³-hybridized carbons (Fsp3) is 0.389. The van der Waals surface area contributed by atoms with Gasteiger partial charge in [0.25, 0.3) is 0 Å². The molecule has 1 saturated heterocycles. The smallest absolute Gasteiger partial charge is 0.410 e. The molecule has 1 heterocycles. The van der Waals surface area contributed by atoms with E-state index in [1.165, 1.54) is 0 Å². The van der Waals surface area contributed by atoms with Crippen LogP contribution in [-0.2, 0) is 20.9 Å². The Bertz CT molecular complexity index is 698. The van der Waals surface area contributed by atoms with Crippen LogP contribution in [0.2, 0.25) is 0 Å². The number of hydrogen-bond acceptors (Lipinski definition) is 4. The molecule has 2 N–H and O–H groups in total. The third-order valence-corrected chi connectivity index (χ3v) is 4.53. The highest BCUT2D eigenvalue weighted by atomic mass is 16.6. The van der Waals surface area contributed by atoms with Gasteiger partial charge in [-0.15, -0.1) is 0 Å². The summed E-state index contributed by atoms with van der Waals surface area (Å²) in [5, 5.41) is 12.0. The minimum absolute atomic E-state index is 0.285. The van der Waals surface area contributed by atoms with E-state index in [0.29, 0.717) is 38.2 Å². The van der Waals surface area contributed by atoms with Crippen molar-refractivity contribution in [2.24, 2.45) is 11.8 Å². The first-order chi connectivity index (χ1) is 12.0. The zero-order chi connectivity index (χ0) is 17.8. The summed E-state index contributed by atoms with van der Waals surface area (Å²) in [6.07, 6.45) is 4.14. The number of rotatable bonds is 5. The monoisotopic (exact) mass is 344 g/mol. The van der Waals surface area contributed by atoms with Gasteiger partial charge in [0.1, 0.15) is 6.61 Å². The number of anilines is 1. The van der Waals surface area contributed by atoms with Gasteiger partial charge in [0.2, 0.25) is 5.91 Å². The van der Waals surface area contributed by atoms with E-state index in [0.717, 1.165) is 5.56 Å². The van der Waals surface area contributed by atoms with Crippen molar-refractivity contribution in [3.63, 3.8) is 0 Å². The Morgan fingerprint density at radius 3 is 2.44 bits per heavy atom. The molecule has 2 amide bonds. The number of carboxylic acid groups (broad SMARTS) is 1. The lowest BCUT2D eigenvalue weighted by Crippen LogP contribution is -2.34. The van der Waals surface area contributed by atoms with Crippen molar-refractivity contribution < 1.29 is 24.2 Å². The van der Waals surface area contributed by atoms with Crippen LogP contribution in [0.15, 0.2) is 36.4 Å². The summed E-state index contributed by atoms with van der Waals surface area (Å²) in [5.74, 6) is -2.49. The Labute approximate surface area is 145 Å². The van der Waals surface area contributed by atoms with Crippen LogP contribution in [0.3, 0.4) is 0 Å². The molecule has 1 fully saturated rings. The van der Waals surface area contributed by atoms with Crippen LogP contribution < -0.4 is 5.32 Å². The molecule has 2 atom stereocenters. The van der Waals surface area contributed by atoms with Gasteiger partial charge in [-0.25, -0.2) is 4.79 Å². The SMILES string of the molecule is O=C(O)[C@H]1CC=CC[C@H]1C(=O)Nc1ccc(CN2CCOC2=O)cc1. The maximum Gasteiger partial charge on any atom is 0.410 e. The van der Waals surface area contributed by atoms with E-state index in [1.807, 2.05) is 18.2 Å². The Balaban J connectivity index is 1.60. The van der Waals surface area contributed by atoms with Crippen LogP contribution in [0.5, 0.6) is 0 Å². The van der Waals surface area contributed by atoms with Gasteiger partial charge >= 0.3 is 12.1 Å². The fourth-order valence-corrected chi connectivity index (χ4v) is 3.10. The predicted molar refractivity (Wildman–Crippen MR) is 89.8 cm³/mol. The molecular weight excluding hydrogens is 324 g/mol. The molecule has 7 heteroatoms. The number of benzene rings is 1. The molecule has 1 aliphatic heterocycles. The summed E-state index contributed by atoms with van der Waals surface area (Å²) < 4.78 is 4.89. The minimum atomic E-state index is -0.947. The first-order valence-corrected chi connectivity index (χ1v) is 8.24. The van der Waals surface area contributed by atoms with Gasteiger partial charge < -0.3 is 20.1 Å². The second kappa shape index (κ2) is 7.38. The van der Waals surface area contributed by atoms with Crippen molar-refractivity contribution in [2.75, 3.05) is 18.5 Å². The molecule has 0 bridgehead atoms. The van der Waals surface area contributed by atoms with Crippen LogP contribution >= 0.6 is 0 Å². The van der Waals surface area contributed by atoms with Crippen molar-refractivity contribution in [3.8, 4) is 0 Å². The highest BCUT2D eigenvalue weighted by Gasteiger charge is 2.33. The molecular formula is C18H20N2O5. The third kappa shape index (κ3) is 3.99. The van der Waals surface area contributed by atoms with Crippen molar-refractivity contribution >= 4 is 23.7 Å². The van der Waals surface area contributed by atoms with Gasteiger partial charge in [0.05, 0.1) is 18.4 Å². The number of ether oxygens (including phenoxy) is 1. The number of aliphatic carboxylic acids is 1. The Morgan fingerprint density at radius 2 is 1.84 bits per heavy atom. The highest BCUT2D eigenvalue weighted by Crippen LogP contribution is 2.27. The van der Waals surface area contributed by atoms with Gasteiger partial charge in [-0.3, -0.25) is 9.59 Å².